The van der Waals surface area contributed by atoms with Crippen molar-refractivity contribution in [3.8, 4) is 0 Å². The summed E-state index contributed by atoms with van der Waals surface area (Å²) in [6, 6.07) is 0. The van der Waals surface area contributed by atoms with E-state index in [0.29, 0.717) is 6.61 Å². The lowest BCUT2D eigenvalue weighted by atomic mass is 10.1. The van der Waals surface area contributed by atoms with Crippen LogP contribution in [0.2, 0.25) is 0 Å². The molecular formula is C14H28N2O3. The van der Waals surface area contributed by atoms with E-state index in [-0.39, 0.29) is 12.5 Å². The van der Waals surface area contributed by atoms with Crippen molar-refractivity contribution in [1.29, 1.82) is 0 Å². The van der Waals surface area contributed by atoms with Gasteiger partial charge in [0.2, 0.25) is 5.91 Å². The number of carbonyl (C=O) groups is 2. The predicted octanol–water partition coefficient (Wildman–Crippen LogP) is 2.60. The van der Waals surface area contributed by atoms with Crippen LogP contribution in [0.1, 0.15) is 58.3 Å². The molecule has 0 aliphatic rings. The van der Waals surface area contributed by atoms with Crippen molar-refractivity contribution in [1.82, 2.24) is 10.6 Å². The van der Waals surface area contributed by atoms with Gasteiger partial charge in [0.15, 0.2) is 0 Å². The molecule has 0 aliphatic carbocycles. The highest BCUT2D eigenvalue weighted by atomic mass is 16.5. The second kappa shape index (κ2) is 13.2. The topological polar surface area (TPSA) is 67.4 Å². The number of carbonyl (C=O) groups excluding carboxylic acids is 2. The summed E-state index contributed by atoms with van der Waals surface area (Å²) in [5.41, 5.74) is 0. The Morgan fingerprint density at radius 3 is 2.11 bits per heavy atom. The number of hydrogen-bond acceptors (Lipinski definition) is 3. The second-order valence-electron chi connectivity index (χ2n) is 4.64. The lowest BCUT2D eigenvalue weighted by Gasteiger charge is -2.06. The molecule has 2 amide bonds. The summed E-state index contributed by atoms with van der Waals surface area (Å²) in [7, 11) is 1.52. The molecule has 5 heteroatoms. The molecule has 0 aromatic carbocycles. The van der Waals surface area contributed by atoms with E-state index in [1.165, 1.54) is 45.6 Å². The summed E-state index contributed by atoms with van der Waals surface area (Å²) in [6.45, 7) is 2.60. The maximum absolute atomic E-state index is 11.2. The summed E-state index contributed by atoms with van der Waals surface area (Å²) in [5.74, 6) is -0.232. The fourth-order valence-corrected chi connectivity index (χ4v) is 1.69. The molecule has 0 bridgehead atoms. The third-order valence-corrected chi connectivity index (χ3v) is 2.90. The van der Waals surface area contributed by atoms with Crippen molar-refractivity contribution < 1.29 is 14.3 Å². The molecule has 0 aliphatic heterocycles. The lowest BCUT2D eigenvalue weighted by Crippen LogP contribution is -2.35. The number of hydrogen-bond donors (Lipinski definition) is 2. The van der Waals surface area contributed by atoms with Crippen LogP contribution in [0.5, 0.6) is 0 Å². The monoisotopic (exact) mass is 272 g/mol. The van der Waals surface area contributed by atoms with Crippen molar-refractivity contribution in [2.24, 2.45) is 0 Å². The Labute approximate surface area is 116 Å². The van der Waals surface area contributed by atoms with Crippen LogP contribution in [0.25, 0.3) is 0 Å². The van der Waals surface area contributed by atoms with Crippen LogP contribution in [0.3, 0.4) is 0 Å². The quantitative estimate of drug-likeness (QED) is 0.568. The van der Waals surface area contributed by atoms with Crippen molar-refractivity contribution in [3.05, 3.63) is 0 Å². The van der Waals surface area contributed by atoms with E-state index in [9.17, 15) is 9.59 Å². The van der Waals surface area contributed by atoms with Gasteiger partial charge in [0.25, 0.3) is 0 Å². The van der Waals surface area contributed by atoms with Crippen molar-refractivity contribution >= 4 is 12.0 Å². The zero-order chi connectivity index (χ0) is 14.3. The van der Waals surface area contributed by atoms with E-state index in [2.05, 4.69) is 17.6 Å². The number of unbranched alkanes of at least 4 members (excludes halogenated alkanes) is 7. The standard InChI is InChI=1S/C14H28N2O3/c1-3-4-5-6-7-8-9-10-11-19-14(18)16-12-13(17)15-2/h3-12H2,1-2H3,(H,15,17)(H,16,18). The lowest BCUT2D eigenvalue weighted by molar-refractivity contribution is -0.119. The maximum Gasteiger partial charge on any atom is 0.407 e. The zero-order valence-electron chi connectivity index (χ0n) is 12.3. The maximum atomic E-state index is 11.2. The van der Waals surface area contributed by atoms with E-state index in [0.717, 1.165) is 12.8 Å². The number of alkyl carbamates (subject to hydrolysis) is 1. The first-order valence-corrected chi connectivity index (χ1v) is 7.32. The molecule has 5 nitrogen and oxygen atoms in total. The Morgan fingerprint density at radius 2 is 1.53 bits per heavy atom. The first-order valence-electron chi connectivity index (χ1n) is 7.32. The van der Waals surface area contributed by atoms with Crippen LogP contribution in [-0.4, -0.2) is 32.2 Å². The molecule has 0 fully saturated rings. The van der Waals surface area contributed by atoms with Gasteiger partial charge in [-0.15, -0.1) is 0 Å². The minimum atomic E-state index is -0.522. The van der Waals surface area contributed by atoms with Gasteiger partial charge in [0, 0.05) is 7.05 Å². The van der Waals surface area contributed by atoms with Crippen molar-refractivity contribution in [2.45, 2.75) is 58.3 Å². The average molecular weight is 272 g/mol. The molecule has 0 spiro atoms. The Kier molecular flexibility index (Phi) is 12.3. The minimum absolute atomic E-state index is 0.0350. The van der Waals surface area contributed by atoms with E-state index in [1.807, 2.05) is 0 Å². The van der Waals surface area contributed by atoms with Gasteiger partial charge >= 0.3 is 6.09 Å². The van der Waals surface area contributed by atoms with Crippen LogP contribution in [0.4, 0.5) is 4.79 Å². The summed E-state index contributed by atoms with van der Waals surface area (Å²) in [4.78, 5) is 22.0. The molecule has 0 heterocycles. The van der Waals surface area contributed by atoms with Gasteiger partial charge < -0.3 is 15.4 Å². The number of ether oxygens (including phenoxy) is 1. The predicted molar refractivity (Wildman–Crippen MR) is 76.0 cm³/mol. The van der Waals surface area contributed by atoms with Gasteiger partial charge in [-0.3, -0.25) is 4.79 Å². The van der Waals surface area contributed by atoms with Gasteiger partial charge in [0.05, 0.1) is 13.2 Å². The minimum Gasteiger partial charge on any atom is -0.450 e. The number of nitrogens with one attached hydrogen (secondary N) is 2. The summed E-state index contributed by atoms with van der Waals surface area (Å²) >= 11 is 0. The van der Waals surface area contributed by atoms with Crippen LogP contribution >= 0.6 is 0 Å². The van der Waals surface area contributed by atoms with Crippen LogP contribution in [0, 0.1) is 0 Å². The van der Waals surface area contributed by atoms with Crippen LogP contribution < -0.4 is 10.6 Å². The number of likely N-dealkylation sites (N-methyl/N-ethyl adjacent to an activating group) is 1. The highest BCUT2D eigenvalue weighted by Crippen LogP contribution is 2.08. The van der Waals surface area contributed by atoms with Gasteiger partial charge in [0.1, 0.15) is 0 Å². The number of rotatable bonds is 11. The molecular weight excluding hydrogens is 244 g/mol. The van der Waals surface area contributed by atoms with E-state index in [1.54, 1.807) is 0 Å². The van der Waals surface area contributed by atoms with Gasteiger partial charge in [-0.25, -0.2) is 4.79 Å². The molecule has 19 heavy (non-hydrogen) atoms. The Morgan fingerprint density at radius 1 is 0.947 bits per heavy atom. The van der Waals surface area contributed by atoms with Crippen molar-refractivity contribution in [3.63, 3.8) is 0 Å². The molecule has 0 atom stereocenters. The molecule has 0 rings (SSSR count). The fourth-order valence-electron chi connectivity index (χ4n) is 1.69. The van der Waals surface area contributed by atoms with Gasteiger partial charge in [-0.05, 0) is 6.42 Å². The SMILES string of the molecule is CCCCCCCCCCOC(=O)NCC(=O)NC. The molecule has 0 saturated carbocycles. The van der Waals surface area contributed by atoms with Crippen molar-refractivity contribution in [2.75, 3.05) is 20.2 Å². The third kappa shape index (κ3) is 13.0. The Hall–Kier alpha value is -1.26. The normalized spacial score (nSPS) is 10.0. The highest BCUT2D eigenvalue weighted by Gasteiger charge is 2.03. The molecule has 0 aromatic heterocycles. The van der Waals surface area contributed by atoms with Gasteiger partial charge in [-0.2, -0.15) is 0 Å². The molecule has 112 valence electrons. The van der Waals surface area contributed by atoms with Gasteiger partial charge in [-0.1, -0.05) is 51.9 Å². The van der Waals surface area contributed by atoms with E-state index >= 15 is 0 Å². The van der Waals surface area contributed by atoms with E-state index in [4.69, 9.17) is 4.74 Å². The molecule has 0 saturated heterocycles. The molecule has 0 radical (unpaired) electrons. The first-order chi connectivity index (χ1) is 9.20. The Balaban J connectivity index is 3.21. The second-order valence-corrected chi connectivity index (χ2v) is 4.64. The Bertz CT molecular complexity index is 245. The largest absolute Gasteiger partial charge is 0.450 e. The molecule has 0 aromatic rings. The highest BCUT2D eigenvalue weighted by molar-refractivity contribution is 5.81. The summed E-state index contributed by atoms with van der Waals surface area (Å²) < 4.78 is 4.95. The first kappa shape index (κ1) is 17.7. The summed E-state index contributed by atoms with van der Waals surface area (Å²) in [6.07, 6.45) is 9.17. The third-order valence-electron chi connectivity index (χ3n) is 2.90. The summed E-state index contributed by atoms with van der Waals surface area (Å²) in [5, 5.41) is 4.80. The molecule has 2 N–H and O–H groups in total. The zero-order valence-corrected chi connectivity index (χ0v) is 12.3. The fraction of sp³-hybridized carbons (Fsp3) is 0.857. The number of amides is 2. The molecule has 0 unspecified atom stereocenters. The van der Waals surface area contributed by atoms with E-state index < -0.39 is 6.09 Å². The average Bonchev–Trinajstić information content (AvgIpc) is 2.42. The van der Waals surface area contributed by atoms with Crippen LogP contribution in [0.15, 0.2) is 0 Å². The van der Waals surface area contributed by atoms with Crippen LogP contribution in [-0.2, 0) is 9.53 Å². The smallest absolute Gasteiger partial charge is 0.407 e.